The number of aromatic nitrogens is 2. The van der Waals surface area contributed by atoms with E-state index in [0.29, 0.717) is 8.95 Å². The summed E-state index contributed by atoms with van der Waals surface area (Å²) >= 11 is 6.39. The smallest absolute Gasteiger partial charge is 0.332 e. The Kier molecular flexibility index (Phi) is 5.10. The van der Waals surface area contributed by atoms with Crippen molar-refractivity contribution >= 4 is 48.7 Å². The van der Waals surface area contributed by atoms with Gasteiger partial charge in [-0.3, -0.25) is 18.7 Å². The molecule has 1 aromatic heterocycles. The number of fused-ring (bicyclic) bond motifs is 1. The van der Waals surface area contributed by atoms with Crippen LogP contribution in [0, 0.1) is 5.82 Å². The number of carboxylic acids is 1. The van der Waals surface area contributed by atoms with Crippen LogP contribution in [-0.2, 0) is 17.9 Å². The normalized spacial score (nSPS) is 11.0. The SMILES string of the molecule is O=C(O)Cn1c(=O)n(Cc2ccc(Br)cc2F)c(=O)c2ccc(Br)cc21. The van der Waals surface area contributed by atoms with Crippen LogP contribution in [0.1, 0.15) is 5.56 Å². The van der Waals surface area contributed by atoms with Crippen LogP contribution in [-0.4, -0.2) is 20.2 Å². The Balaban J connectivity index is 2.28. The van der Waals surface area contributed by atoms with Crippen molar-refractivity contribution in [2.45, 2.75) is 13.1 Å². The Morgan fingerprint density at radius 2 is 1.69 bits per heavy atom. The predicted molar refractivity (Wildman–Crippen MR) is 101 cm³/mol. The first-order valence-electron chi connectivity index (χ1n) is 7.36. The van der Waals surface area contributed by atoms with Gasteiger partial charge >= 0.3 is 11.7 Å². The van der Waals surface area contributed by atoms with E-state index in [1.165, 1.54) is 24.3 Å². The van der Waals surface area contributed by atoms with Crippen LogP contribution in [0.25, 0.3) is 10.9 Å². The molecule has 0 amide bonds. The van der Waals surface area contributed by atoms with Gasteiger partial charge in [-0.2, -0.15) is 0 Å². The van der Waals surface area contributed by atoms with Gasteiger partial charge in [-0.15, -0.1) is 0 Å². The average Bonchev–Trinajstić information content (AvgIpc) is 2.57. The monoisotopic (exact) mass is 484 g/mol. The zero-order valence-electron chi connectivity index (χ0n) is 13.1. The molecule has 0 saturated carbocycles. The first-order valence-corrected chi connectivity index (χ1v) is 8.95. The van der Waals surface area contributed by atoms with Crippen molar-refractivity contribution in [3.63, 3.8) is 0 Å². The number of hydrogen-bond donors (Lipinski definition) is 1. The summed E-state index contributed by atoms with van der Waals surface area (Å²) < 4.78 is 17.1. The molecule has 1 heterocycles. The zero-order valence-corrected chi connectivity index (χ0v) is 16.3. The van der Waals surface area contributed by atoms with Crippen molar-refractivity contribution in [3.05, 3.63) is 77.6 Å². The Labute approximate surface area is 162 Å². The topological polar surface area (TPSA) is 81.3 Å². The molecule has 0 aliphatic heterocycles. The molecule has 0 saturated heterocycles. The number of rotatable bonds is 4. The average molecular weight is 486 g/mol. The number of nitrogens with zero attached hydrogens (tertiary/aromatic N) is 2. The van der Waals surface area contributed by atoms with Gasteiger partial charge in [0, 0.05) is 14.5 Å². The Bertz CT molecular complexity index is 1150. The third kappa shape index (κ3) is 3.49. The molecular weight excluding hydrogens is 475 g/mol. The van der Waals surface area contributed by atoms with E-state index in [2.05, 4.69) is 31.9 Å². The summed E-state index contributed by atoms with van der Waals surface area (Å²) in [5, 5.41) is 9.29. The standard InChI is InChI=1S/C17H11Br2FN2O4/c18-10-2-1-9(13(20)5-10)7-22-16(25)12-4-3-11(19)6-14(12)21(17(22)26)8-15(23)24/h1-6H,7-8H2,(H,23,24). The van der Waals surface area contributed by atoms with Crippen molar-refractivity contribution in [1.82, 2.24) is 9.13 Å². The van der Waals surface area contributed by atoms with Gasteiger partial charge in [0.15, 0.2) is 0 Å². The van der Waals surface area contributed by atoms with Crippen LogP contribution in [0.4, 0.5) is 4.39 Å². The van der Waals surface area contributed by atoms with Gasteiger partial charge in [-0.25, -0.2) is 9.18 Å². The van der Waals surface area contributed by atoms with Crippen molar-refractivity contribution in [2.75, 3.05) is 0 Å². The van der Waals surface area contributed by atoms with E-state index >= 15 is 0 Å². The van der Waals surface area contributed by atoms with E-state index in [1.807, 2.05) is 0 Å². The number of aliphatic carboxylic acids is 1. The van der Waals surface area contributed by atoms with Crippen molar-refractivity contribution in [3.8, 4) is 0 Å². The quantitative estimate of drug-likeness (QED) is 0.616. The van der Waals surface area contributed by atoms with E-state index in [-0.39, 0.29) is 23.0 Å². The lowest BCUT2D eigenvalue weighted by Gasteiger charge is -2.13. The first-order chi connectivity index (χ1) is 12.3. The van der Waals surface area contributed by atoms with Gasteiger partial charge in [0.05, 0.1) is 17.4 Å². The summed E-state index contributed by atoms with van der Waals surface area (Å²) in [6.45, 7) is -0.919. The zero-order chi connectivity index (χ0) is 19.0. The molecule has 0 unspecified atom stereocenters. The van der Waals surface area contributed by atoms with E-state index in [4.69, 9.17) is 5.11 Å². The van der Waals surface area contributed by atoms with Crippen LogP contribution in [0.15, 0.2) is 54.9 Å². The minimum atomic E-state index is -1.23. The molecule has 6 nitrogen and oxygen atoms in total. The molecule has 3 rings (SSSR count). The highest BCUT2D eigenvalue weighted by atomic mass is 79.9. The molecule has 1 N–H and O–H groups in total. The molecule has 0 aliphatic carbocycles. The number of halogens is 3. The number of carboxylic acid groups (broad SMARTS) is 1. The number of benzene rings is 2. The molecule has 0 fully saturated rings. The molecule has 2 aromatic carbocycles. The number of hydrogen-bond acceptors (Lipinski definition) is 3. The maximum atomic E-state index is 14.1. The fourth-order valence-corrected chi connectivity index (χ4v) is 3.32. The van der Waals surface area contributed by atoms with Crippen LogP contribution in [0.5, 0.6) is 0 Å². The molecule has 0 spiro atoms. The van der Waals surface area contributed by atoms with Gasteiger partial charge in [0.2, 0.25) is 0 Å². The summed E-state index contributed by atoms with van der Waals surface area (Å²) in [6.07, 6.45) is 0. The van der Waals surface area contributed by atoms with E-state index < -0.39 is 29.6 Å². The summed E-state index contributed by atoms with van der Waals surface area (Å²) in [5.41, 5.74) is -1.08. The summed E-state index contributed by atoms with van der Waals surface area (Å²) in [7, 11) is 0. The van der Waals surface area contributed by atoms with Gasteiger partial charge in [-0.05, 0) is 30.3 Å². The molecule has 134 valence electrons. The second kappa shape index (κ2) is 7.16. The summed E-state index contributed by atoms with van der Waals surface area (Å²) in [5.74, 6) is -1.81. The lowest BCUT2D eigenvalue weighted by molar-refractivity contribution is -0.137. The molecule has 0 aliphatic rings. The highest BCUT2D eigenvalue weighted by Gasteiger charge is 2.16. The molecule has 9 heteroatoms. The molecule has 3 aromatic rings. The minimum Gasteiger partial charge on any atom is -0.480 e. The third-order valence-electron chi connectivity index (χ3n) is 3.82. The second-order valence-corrected chi connectivity index (χ2v) is 7.38. The van der Waals surface area contributed by atoms with Gasteiger partial charge < -0.3 is 5.11 Å². The highest BCUT2D eigenvalue weighted by molar-refractivity contribution is 9.10. The number of carbonyl (C=O) groups is 1. The van der Waals surface area contributed by atoms with Crippen molar-refractivity contribution in [1.29, 1.82) is 0 Å². The van der Waals surface area contributed by atoms with Gasteiger partial charge in [-0.1, -0.05) is 37.9 Å². The van der Waals surface area contributed by atoms with Crippen molar-refractivity contribution < 1.29 is 14.3 Å². The lowest BCUT2D eigenvalue weighted by Crippen LogP contribution is -2.41. The summed E-state index contributed by atoms with van der Waals surface area (Å²) in [4.78, 5) is 36.7. The fraction of sp³-hybridized carbons (Fsp3) is 0.118. The molecular formula is C17H11Br2FN2O4. The maximum Gasteiger partial charge on any atom is 0.332 e. The lowest BCUT2D eigenvalue weighted by atomic mass is 10.2. The largest absolute Gasteiger partial charge is 0.480 e. The van der Waals surface area contributed by atoms with E-state index in [9.17, 15) is 18.8 Å². The van der Waals surface area contributed by atoms with Gasteiger partial charge in [0.1, 0.15) is 12.4 Å². The van der Waals surface area contributed by atoms with Crippen LogP contribution >= 0.6 is 31.9 Å². The molecule has 0 radical (unpaired) electrons. The molecule has 0 atom stereocenters. The highest BCUT2D eigenvalue weighted by Crippen LogP contribution is 2.18. The van der Waals surface area contributed by atoms with Gasteiger partial charge in [0.25, 0.3) is 5.56 Å². The fourth-order valence-electron chi connectivity index (χ4n) is 2.64. The van der Waals surface area contributed by atoms with E-state index in [1.54, 1.807) is 12.1 Å². The third-order valence-corrected chi connectivity index (χ3v) is 4.81. The van der Waals surface area contributed by atoms with E-state index in [0.717, 1.165) is 9.13 Å². The van der Waals surface area contributed by atoms with Crippen molar-refractivity contribution in [2.24, 2.45) is 0 Å². The Morgan fingerprint density at radius 3 is 2.35 bits per heavy atom. The Hall–Kier alpha value is -2.26. The molecule has 26 heavy (non-hydrogen) atoms. The van der Waals surface area contributed by atoms with Crippen LogP contribution in [0.3, 0.4) is 0 Å². The summed E-state index contributed by atoms with van der Waals surface area (Å²) in [6, 6.07) is 8.90. The minimum absolute atomic E-state index is 0.144. The Morgan fingerprint density at radius 1 is 1.04 bits per heavy atom. The second-order valence-electron chi connectivity index (χ2n) is 5.55. The molecule has 0 bridgehead atoms. The maximum absolute atomic E-state index is 14.1. The van der Waals surface area contributed by atoms with Crippen LogP contribution in [0.2, 0.25) is 0 Å². The first kappa shape index (κ1) is 18.5. The predicted octanol–water partition coefficient (Wildman–Crippen LogP) is 2.96. The van der Waals surface area contributed by atoms with Crippen LogP contribution < -0.4 is 11.2 Å².